The summed E-state index contributed by atoms with van der Waals surface area (Å²) in [5.41, 5.74) is 0. The van der Waals surface area contributed by atoms with Gasteiger partial charge in [-0.3, -0.25) is 0 Å². The summed E-state index contributed by atoms with van der Waals surface area (Å²) in [5.74, 6) is 0.886. The second-order valence-corrected chi connectivity index (χ2v) is 4.04. The van der Waals surface area contributed by atoms with Crippen molar-refractivity contribution in [3.8, 4) is 0 Å². The maximum atomic E-state index is 2.46. The van der Waals surface area contributed by atoms with Crippen molar-refractivity contribution in [2.45, 2.75) is 53.0 Å². The van der Waals surface area contributed by atoms with E-state index in [1.54, 1.807) is 0 Å². The van der Waals surface area contributed by atoms with Gasteiger partial charge < -0.3 is 4.90 Å². The molecule has 1 nitrogen and oxygen atoms in total. The van der Waals surface area contributed by atoms with Crippen molar-refractivity contribution in [3.05, 3.63) is 0 Å². The minimum atomic E-state index is 0.744. The van der Waals surface area contributed by atoms with E-state index in [4.69, 9.17) is 0 Å². The third-order valence-corrected chi connectivity index (χ3v) is 3.01. The molecule has 0 bridgehead atoms. The lowest BCUT2D eigenvalue weighted by Crippen LogP contribution is -2.30. The van der Waals surface area contributed by atoms with Gasteiger partial charge in [0, 0.05) is 6.04 Å². The van der Waals surface area contributed by atoms with E-state index >= 15 is 0 Å². The van der Waals surface area contributed by atoms with Crippen LogP contribution in [0.15, 0.2) is 0 Å². The molecule has 0 aromatic rings. The molecule has 0 saturated heterocycles. The first-order valence-electron chi connectivity index (χ1n) is 5.32. The predicted octanol–water partition coefficient (Wildman–Crippen LogP) is 3.15. The van der Waals surface area contributed by atoms with E-state index in [9.17, 15) is 0 Å². The van der Waals surface area contributed by atoms with E-state index < -0.39 is 0 Å². The fourth-order valence-corrected chi connectivity index (χ4v) is 1.16. The SMILES string of the molecule is CCC(C)CCN(C)C(C)CC. The van der Waals surface area contributed by atoms with Gasteiger partial charge in [-0.1, -0.05) is 27.2 Å². The van der Waals surface area contributed by atoms with Crippen LogP contribution in [0.2, 0.25) is 0 Å². The maximum absolute atomic E-state index is 2.46. The standard InChI is InChI=1S/C11H25N/c1-6-10(3)8-9-12(5)11(4)7-2/h10-11H,6-9H2,1-5H3. The van der Waals surface area contributed by atoms with Gasteiger partial charge in [0.05, 0.1) is 0 Å². The molecular formula is C11H25N. The van der Waals surface area contributed by atoms with Gasteiger partial charge in [-0.25, -0.2) is 0 Å². The Bertz CT molecular complexity index is 101. The van der Waals surface area contributed by atoms with E-state index in [0.717, 1.165) is 12.0 Å². The Balaban J connectivity index is 3.49. The Morgan fingerprint density at radius 3 is 2.08 bits per heavy atom. The van der Waals surface area contributed by atoms with E-state index in [2.05, 4.69) is 39.6 Å². The molecule has 12 heavy (non-hydrogen) atoms. The summed E-state index contributed by atoms with van der Waals surface area (Å²) >= 11 is 0. The second kappa shape index (κ2) is 6.47. The van der Waals surface area contributed by atoms with Crippen LogP contribution in [0.25, 0.3) is 0 Å². The fraction of sp³-hybridized carbons (Fsp3) is 1.00. The predicted molar refractivity (Wildman–Crippen MR) is 56.5 cm³/mol. The third-order valence-electron chi connectivity index (χ3n) is 3.01. The first-order chi connectivity index (χ1) is 5.61. The molecule has 0 radical (unpaired) electrons. The van der Waals surface area contributed by atoms with Crippen molar-refractivity contribution >= 4 is 0 Å². The highest BCUT2D eigenvalue weighted by Crippen LogP contribution is 2.09. The van der Waals surface area contributed by atoms with Crippen molar-refractivity contribution in [1.29, 1.82) is 0 Å². The summed E-state index contributed by atoms with van der Waals surface area (Å²) in [6, 6.07) is 0.744. The minimum absolute atomic E-state index is 0.744. The zero-order valence-corrected chi connectivity index (χ0v) is 9.43. The average molecular weight is 171 g/mol. The quantitative estimate of drug-likeness (QED) is 0.593. The van der Waals surface area contributed by atoms with Crippen LogP contribution in [0.1, 0.15) is 47.0 Å². The van der Waals surface area contributed by atoms with Crippen LogP contribution in [0.5, 0.6) is 0 Å². The summed E-state index contributed by atoms with van der Waals surface area (Å²) < 4.78 is 0. The van der Waals surface area contributed by atoms with Crippen LogP contribution >= 0.6 is 0 Å². The number of rotatable bonds is 6. The van der Waals surface area contributed by atoms with Gasteiger partial charge in [0.15, 0.2) is 0 Å². The van der Waals surface area contributed by atoms with E-state index in [1.165, 1.54) is 25.8 Å². The Kier molecular flexibility index (Phi) is 6.45. The number of hydrogen-bond donors (Lipinski definition) is 0. The Labute approximate surface area is 78.1 Å². The van der Waals surface area contributed by atoms with Crippen molar-refractivity contribution < 1.29 is 0 Å². The van der Waals surface area contributed by atoms with Crippen molar-refractivity contribution in [1.82, 2.24) is 4.90 Å². The molecule has 0 aliphatic rings. The molecule has 1 heteroatoms. The largest absolute Gasteiger partial charge is 0.304 e. The van der Waals surface area contributed by atoms with Crippen LogP contribution in [0.4, 0.5) is 0 Å². The molecule has 0 aromatic carbocycles. The molecule has 0 aliphatic heterocycles. The molecule has 0 fully saturated rings. The third kappa shape index (κ3) is 4.76. The summed E-state index contributed by atoms with van der Waals surface area (Å²) in [4.78, 5) is 2.46. The van der Waals surface area contributed by atoms with Crippen LogP contribution < -0.4 is 0 Å². The van der Waals surface area contributed by atoms with Crippen LogP contribution in [-0.2, 0) is 0 Å². The van der Waals surface area contributed by atoms with Crippen molar-refractivity contribution in [2.24, 2.45) is 5.92 Å². The molecule has 2 unspecified atom stereocenters. The highest BCUT2D eigenvalue weighted by molar-refractivity contribution is 4.62. The van der Waals surface area contributed by atoms with Crippen molar-refractivity contribution in [3.63, 3.8) is 0 Å². The van der Waals surface area contributed by atoms with Gasteiger partial charge in [-0.2, -0.15) is 0 Å². The Morgan fingerprint density at radius 2 is 1.67 bits per heavy atom. The second-order valence-electron chi connectivity index (χ2n) is 4.04. The Morgan fingerprint density at radius 1 is 1.08 bits per heavy atom. The molecule has 0 heterocycles. The van der Waals surface area contributed by atoms with Gasteiger partial charge in [-0.05, 0) is 39.3 Å². The summed E-state index contributed by atoms with van der Waals surface area (Å²) in [7, 11) is 2.23. The van der Waals surface area contributed by atoms with Crippen molar-refractivity contribution in [2.75, 3.05) is 13.6 Å². The van der Waals surface area contributed by atoms with Gasteiger partial charge in [0.25, 0.3) is 0 Å². The molecule has 0 aromatic heterocycles. The molecule has 74 valence electrons. The smallest absolute Gasteiger partial charge is 0.00612 e. The molecule has 0 spiro atoms. The molecule has 0 N–H and O–H groups in total. The number of hydrogen-bond acceptors (Lipinski definition) is 1. The molecule has 0 rings (SSSR count). The lowest BCUT2D eigenvalue weighted by Gasteiger charge is -2.24. The van der Waals surface area contributed by atoms with Crippen LogP contribution in [-0.4, -0.2) is 24.5 Å². The lowest BCUT2D eigenvalue weighted by atomic mass is 10.0. The van der Waals surface area contributed by atoms with E-state index in [0.29, 0.717) is 0 Å². The van der Waals surface area contributed by atoms with Gasteiger partial charge in [-0.15, -0.1) is 0 Å². The topological polar surface area (TPSA) is 3.24 Å². The lowest BCUT2D eigenvalue weighted by molar-refractivity contribution is 0.234. The molecule has 0 aliphatic carbocycles. The normalized spacial score (nSPS) is 16.5. The van der Waals surface area contributed by atoms with Gasteiger partial charge >= 0.3 is 0 Å². The summed E-state index contributed by atoms with van der Waals surface area (Å²) in [6.07, 6.45) is 3.92. The zero-order chi connectivity index (χ0) is 9.56. The average Bonchev–Trinajstić information content (AvgIpc) is 2.11. The fourth-order valence-electron chi connectivity index (χ4n) is 1.16. The monoisotopic (exact) mass is 171 g/mol. The van der Waals surface area contributed by atoms with E-state index in [-0.39, 0.29) is 0 Å². The van der Waals surface area contributed by atoms with Crippen LogP contribution in [0, 0.1) is 5.92 Å². The molecule has 0 saturated carbocycles. The summed E-state index contributed by atoms with van der Waals surface area (Å²) in [6.45, 7) is 10.4. The maximum Gasteiger partial charge on any atom is 0.00612 e. The highest BCUT2D eigenvalue weighted by atomic mass is 15.1. The zero-order valence-electron chi connectivity index (χ0n) is 9.43. The summed E-state index contributed by atoms with van der Waals surface area (Å²) in [5, 5.41) is 0. The Hall–Kier alpha value is -0.0400. The first-order valence-corrected chi connectivity index (χ1v) is 5.32. The van der Waals surface area contributed by atoms with Crippen LogP contribution in [0.3, 0.4) is 0 Å². The van der Waals surface area contributed by atoms with Gasteiger partial charge in [0.1, 0.15) is 0 Å². The molecule has 0 amide bonds. The molecular weight excluding hydrogens is 146 g/mol. The number of nitrogens with zero attached hydrogens (tertiary/aromatic N) is 1. The van der Waals surface area contributed by atoms with E-state index in [1.807, 2.05) is 0 Å². The minimum Gasteiger partial charge on any atom is -0.304 e. The first kappa shape index (κ1) is 12.0. The molecule has 2 atom stereocenters. The highest BCUT2D eigenvalue weighted by Gasteiger charge is 2.07. The van der Waals surface area contributed by atoms with Gasteiger partial charge in [0.2, 0.25) is 0 Å².